The lowest BCUT2D eigenvalue weighted by atomic mass is 10.2. The maximum atomic E-state index is 11.4. The van der Waals surface area contributed by atoms with Crippen molar-refractivity contribution in [1.82, 2.24) is 10.3 Å². The molecule has 0 aromatic carbocycles. The summed E-state index contributed by atoms with van der Waals surface area (Å²) in [6.07, 6.45) is 2.63. The predicted octanol–water partition coefficient (Wildman–Crippen LogP) is 0.642. The fourth-order valence-corrected chi connectivity index (χ4v) is 1.66. The molecule has 1 aromatic heterocycles. The van der Waals surface area contributed by atoms with Crippen LogP contribution in [0.4, 0.5) is 5.69 Å². The average Bonchev–Trinajstić information content (AvgIpc) is 2.81. The number of carbonyl (C=O) groups is 1. The first kappa shape index (κ1) is 10.9. The van der Waals surface area contributed by atoms with Crippen molar-refractivity contribution >= 4 is 11.6 Å². The maximum Gasteiger partial charge on any atom is 0.269 e. The molecular weight excluding hydrogens is 206 g/mol. The molecule has 0 saturated carbocycles. The summed E-state index contributed by atoms with van der Waals surface area (Å²) in [4.78, 5) is 15.4. The smallest absolute Gasteiger partial charge is 0.269 e. The highest BCUT2D eigenvalue weighted by molar-refractivity contribution is 5.92. The zero-order chi connectivity index (χ0) is 11.4. The molecule has 0 aliphatic carbocycles. The van der Waals surface area contributed by atoms with Crippen LogP contribution in [0, 0.1) is 0 Å². The fraction of sp³-hybridized carbons (Fsp3) is 0.455. The molecule has 5 nitrogen and oxygen atoms in total. The van der Waals surface area contributed by atoms with Crippen LogP contribution in [0.1, 0.15) is 16.9 Å². The number of rotatable bonds is 3. The molecule has 0 radical (unpaired) electrons. The molecule has 1 amide bonds. The summed E-state index contributed by atoms with van der Waals surface area (Å²) in [6, 6.07) is 3.93. The topological polar surface area (TPSA) is 63.2 Å². The number of aromatic nitrogens is 1. The number of nitrogens with zero attached hydrogens (tertiary/aromatic N) is 1. The van der Waals surface area contributed by atoms with E-state index in [1.54, 1.807) is 19.3 Å². The highest BCUT2D eigenvalue weighted by Crippen LogP contribution is 2.14. The number of carbonyl (C=O) groups excluding carboxylic acids is 1. The summed E-state index contributed by atoms with van der Waals surface area (Å²) in [5, 5.41) is 5.86. The van der Waals surface area contributed by atoms with Crippen molar-refractivity contribution in [2.75, 3.05) is 25.6 Å². The predicted molar refractivity (Wildman–Crippen MR) is 60.5 cm³/mol. The van der Waals surface area contributed by atoms with Gasteiger partial charge in [-0.3, -0.25) is 9.78 Å². The number of amides is 1. The first-order chi connectivity index (χ1) is 7.79. The van der Waals surface area contributed by atoms with Crippen molar-refractivity contribution < 1.29 is 9.53 Å². The minimum absolute atomic E-state index is 0.175. The molecule has 2 heterocycles. The minimum atomic E-state index is -0.175. The monoisotopic (exact) mass is 221 g/mol. The van der Waals surface area contributed by atoms with E-state index in [4.69, 9.17) is 4.74 Å². The molecule has 5 heteroatoms. The van der Waals surface area contributed by atoms with Gasteiger partial charge >= 0.3 is 0 Å². The lowest BCUT2D eigenvalue weighted by Crippen LogP contribution is -2.21. The Morgan fingerprint density at radius 2 is 2.50 bits per heavy atom. The Morgan fingerprint density at radius 1 is 1.62 bits per heavy atom. The number of nitrogens with one attached hydrogen (secondary N) is 2. The third-order valence-corrected chi connectivity index (χ3v) is 2.52. The molecule has 86 valence electrons. The Balaban J connectivity index is 2.06. The highest BCUT2D eigenvalue weighted by Gasteiger charge is 2.15. The zero-order valence-electron chi connectivity index (χ0n) is 9.19. The van der Waals surface area contributed by atoms with Gasteiger partial charge in [-0.05, 0) is 18.6 Å². The zero-order valence-corrected chi connectivity index (χ0v) is 9.19. The van der Waals surface area contributed by atoms with E-state index >= 15 is 0 Å². The summed E-state index contributed by atoms with van der Waals surface area (Å²) < 4.78 is 5.27. The van der Waals surface area contributed by atoms with Gasteiger partial charge in [0, 0.05) is 25.5 Å². The molecule has 1 aliphatic rings. The van der Waals surface area contributed by atoms with Crippen LogP contribution >= 0.6 is 0 Å². The van der Waals surface area contributed by atoms with E-state index in [1.807, 2.05) is 6.07 Å². The van der Waals surface area contributed by atoms with Crippen LogP contribution in [0.2, 0.25) is 0 Å². The van der Waals surface area contributed by atoms with Crippen molar-refractivity contribution in [1.29, 1.82) is 0 Å². The van der Waals surface area contributed by atoms with Gasteiger partial charge in [0.2, 0.25) is 0 Å². The number of hydrogen-bond acceptors (Lipinski definition) is 4. The van der Waals surface area contributed by atoms with Crippen molar-refractivity contribution in [2.24, 2.45) is 0 Å². The van der Waals surface area contributed by atoms with Gasteiger partial charge in [0.15, 0.2) is 0 Å². The van der Waals surface area contributed by atoms with E-state index in [-0.39, 0.29) is 5.91 Å². The molecule has 1 atom stereocenters. The summed E-state index contributed by atoms with van der Waals surface area (Å²) in [6.45, 7) is 1.52. The first-order valence-electron chi connectivity index (χ1n) is 5.32. The molecule has 0 bridgehead atoms. The van der Waals surface area contributed by atoms with Crippen LogP contribution < -0.4 is 10.6 Å². The standard InChI is InChI=1S/C11H15N3O2/c1-12-11(15)10-6-8(2-4-13-10)14-9-3-5-16-7-9/h2,4,6,9H,3,5,7H2,1H3,(H,12,15)(H,13,14). The number of pyridine rings is 1. The second kappa shape index (κ2) is 4.94. The van der Waals surface area contributed by atoms with Gasteiger partial charge in [0.1, 0.15) is 5.69 Å². The van der Waals surface area contributed by atoms with Crippen molar-refractivity contribution in [3.8, 4) is 0 Å². The van der Waals surface area contributed by atoms with Gasteiger partial charge in [-0.2, -0.15) is 0 Å². The van der Waals surface area contributed by atoms with Gasteiger partial charge in [-0.15, -0.1) is 0 Å². The SMILES string of the molecule is CNC(=O)c1cc(NC2CCOC2)ccn1. The Hall–Kier alpha value is -1.62. The van der Waals surface area contributed by atoms with Crippen LogP contribution in [0.25, 0.3) is 0 Å². The maximum absolute atomic E-state index is 11.4. The molecular formula is C11H15N3O2. The summed E-state index contributed by atoms with van der Waals surface area (Å²) in [7, 11) is 1.59. The molecule has 16 heavy (non-hydrogen) atoms. The van der Waals surface area contributed by atoms with E-state index in [0.717, 1.165) is 25.3 Å². The van der Waals surface area contributed by atoms with Gasteiger partial charge in [-0.1, -0.05) is 0 Å². The van der Waals surface area contributed by atoms with Crippen LogP contribution in [0.3, 0.4) is 0 Å². The van der Waals surface area contributed by atoms with Crippen molar-refractivity contribution in [3.63, 3.8) is 0 Å². The summed E-state index contributed by atoms with van der Waals surface area (Å²) in [5.41, 5.74) is 1.33. The lowest BCUT2D eigenvalue weighted by Gasteiger charge is -2.12. The first-order valence-corrected chi connectivity index (χ1v) is 5.32. The summed E-state index contributed by atoms with van der Waals surface area (Å²) >= 11 is 0. The van der Waals surface area contributed by atoms with Crippen LogP contribution in [-0.4, -0.2) is 37.2 Å². The van der Waals surface area contributed by atoms with E-state index in [0.29, 0.717) is 11.7 Å². The minimum Gasteiger partial charge on any atom is -0.380 e. The van der Waals surface area contributed by atoms with E-state index in [9.17, 15) is 4.79 Å². The van der Waals surface area contributed by atoms with Crippen LogP contribution in [0.15, 0.2) is 18.3 Å². The van der Waals surface area contributed by atoms with Gasteiger partial charge in [0.05, 0.1) is 12.6 Å². The second-order valence-corrected chi connectivity index (χ2v) is 3.71. The molecule has 1 aromatic rings. The van der Waals surface area contributed by atoms with E-state index < -0.39 is 0 Å². The van der Waals surface area contributed by atoms with Crippen molar-refractivity contribution in [2.45, 2.75) is 12.5 Å². The lowest BCUT2D eigenvalue weighted by molar-refractivity contribution is 0.0958. The Bertz CT molecular complexity index is 375. The van der Waals surface area contributed by atoms with Crippen molar-refractivity contribution in [3.05, 3.63) is 24.0 Å². The second-order valence-electron chi connectivity index (χ2n) is 3.71. The molecule has 1 unspecified atom stereocenters. The molecule has 1 aliphatic heterocycles. The Labute approximate surface area is 94.2 Å². The largest absolute Gasteiger partial charge is 0.380 e. The van der Waals surface area contributed by atoms with Gasteiger partial charge in [0.25, 0.3) is 5.91 Å². The van der Waals surface area contributed by atoms with Crippen LogP contribution in [0.5, 0.6) is 0 Å². The molecule has 1 saturated heterocycles. The fourth-order valence-electron chi connectivity index (χ4n) is 1.66. The Kier molecular flexibility index (Phi) is 3.36. The third kappa shape index (κ3) is 2.49. The number of hydrogen-bond donors (Lipinski definition) is 2. The van der Waals surface area contributed by atoms with E-state index in [1.165, 1.54) is 0 Å². The third-order valence-electron chi connectivity index (χ3n) is 2.52. The molecule has 2 N–H and O–H groups in total. The quantitative estimate of drug-likeness (QED) is 0.786. The highest BCUT2D eigenvalue weighted by atomic mass is 16.5. The van der Waals surface area contributed by atoms with Crippen LogP contribution in [-0.2, 0) is 4.74 Å². The van der Waals surface area contributed by atoms with Gasteiger partial charge < -0.3 is 15.4 Å². The normalized spacial score (nSPS) is 19.4. The molecule has 2 rings (SSSR count). The Morgan fingerprint density at radius 3 is 3.19 bits per heavy atom. The van der Waals surface area contributed by atoms with Gasteiger partial charge in [-0.25, -0.2) is 0 Å². The molecule has 0 spiro atoms. The number of ether oxygens (including phenoxy) is 1. The van der Waals surface area contributed by atoms with E-state index in [2.05, 4.69) is 15.6 Å². The number of anilines is 1. The molecule has 1 fully saturated rings. The average molecular weight is 221 g/mol. The summed E-state index contributed by atoms with van der Waals surface area (Å²) in [5.74, 6) is -0.175.